The number of rotatable bonds is 1. The SMILES string of the molecule is CC.C\C=C(C)/C=c1/ncnc/c1=C/C. The van der Waals surface area contributed by atoms with Crippen LogP contribution in [0.3, 0.4) is 0 Å². The summed E-state index contributed by atoms with van der Waals surface area (Å²) in [5.41, 5.74) is 1.21. The van der Waals surface area contributed by atoms with Gasteiger partial charge in [0.25, 0.3) is 0 Å². The summed E-state index contributed by atoms with van der Waals surface area (Å²) < 4.78 is 0. The molecule has 1 heterocycles. The van der Waals surface area contributed by atoms with Gasteiger partial charge in [0.05, 0.1) is 5.35 Å². The van der Waals surface area contributed by atoms with E-state index >= 15 is 0 Å². The van der Waals surface area contributed by atoms with Crippen molar-refractivity contribution in [3.63, 3.8) is 0 Å². The second kappa shape index (κ2) is 7.92. The third-order valence-electron chi connectivity index (χ3n) is 1.90. The normalized spacial score (nSPS) is 13.5. The molecule has 0 aliphatic rings. The van der Waals surface area contributed by atoms with Crippen molar-refractivity contribution in [3.8, 4) is 0 Å². The molecule has 0 atom stereocenters. The van der Waals surface area contributed by atoms with Crippen molar-refractivity contribution in [2.45, 2.75) is 34.6 Å². The van der Waals surface area contributed by atoms with Crippen molar-refractivity contribution < 1.29 is 0 Å². The zero-order valence-electron chi connectivity index (χ0n) is 10.3. The summed E-state index contributed by atoms with van der Waals surface area (Å²) in [5.74, 6) is 0. The minimum absolute atomic E-state index is 0.980. The third-order valence-corrected chi connectivity index (χ3v) is 1.90. The Morgan fingerprint density at radius 1 is 1.27 bits per heavy atom. The fourth-order valence-electron chi connectivity index (χ4n) is 0.992. The van der Waals surface area contributed by atoms with E-state index < -0.39 is 0 Å². The van der Waals surface area contributed by atoms with Gasteiger partial charge < -0.3 is 0 Å². The minimum atomic E-state index is 0.980. The first kappa shape index (κ1) is 13.6. The molecule has 0 saturated heterocycles. The van der Waals surface area contributed by atoms with Crippen molar-refractivity contribution in [1.29, 1.82) is 0 Å². The first-order valence-corrected chi connectivity index (χ1v) is 5.35. The van der Waals surface area contributed by atoms with Gasteiger partial charge in [-0.1, -0.05) is 31.6 Å². The largest absolute Gasteiger partial charge is 0.244 e. The van der Waals surface area contributed by atoms with E-state index in [2.05, 4.69) is 29.0 Å². The summed E-state index contributed by atoms with van der Waals surface area (Å²) >= 11 is 0. The number of allylic oxidation sites excluding steroid dienone is 2. The van der Waals surface area contributed by atoms with Crippen molar-refractivity contribution in [3.05, 3.63) is 34.7 Å². The van der Waals surface area contributed by atoms with E-state index in [4.69, 9.17) is 0 Å². The molecule has 0 fully saturated rings. The number of nitrogens with zero attached hydrogens (tertiary/aromatic N) is 2. The lowest BCUT2D eigenvalue weighted by Gasteiger charge is -1.90. The number of hydrogen-bond acceptors (Lipinski definition) is 2. The van der Waals surface area contributed by atoms with Crippen molar-refractivity contribution in [1.82, 2.24) is 9.97 Å². The third kappa shape index (κ3) is 4.54. The van der Waals surface area contributed by atoms with Crippen LogP contribution in [-0.2, 0) is 0 Å². The first-order chi connectivity index (χ1) is 7.27. The van der Waals surface area contributed by atoms with Gasteiger partial charge in [0.15, 0.2) is 0 Å². The lowest BCUT2D eigenvalue weighted by Crippen LogP contribution is -2.28. The molecule has 0 saturated carbocycles. The zero-order chi connectivity index (χ0) is 11.7. The van der Waals surface area contributed by atoms with Crippen LogP contribution in [0.1, 0.15) is 34.6 Å². The molecule has 0 aliphatic heterocycles. The van der Waals surface area contributed by atoms with Crippen LogP contribution >= 0.6 is 0 Å². The Morgan fingerprint density at radius 3 is 2.47 bits per heavy atom. The van der Waals surface area contributed by atoms with E-state index in [1.54, 1.807) is 6.33 Å². The molecule has 82 valence electrons. The molecule has 15 heavy (non-hydrogen) atoms. The molecule has 0 N–H and O–H groups in total. The quantitative estimate of drug-likeness (QED) is 0.699. The number of hydrogen-bond donors (Lipinski definition) is 0. The Morgan fingerprint density at radius 2 is 1.93 bits per heavy atom. The maximum Gasteiger partial charge on any atom is 0.116 e. The molecule has 0 spiro atoms. The summed E-state index contributed by atoms with van der Waals surface area (Å²) in [6, 6.07) is 0. The summed E-state index contributed by atoms with van der Waals surface area (Å²) in [4.78, 5) is 8.17. The van der Waals surface area contributed by atoms with Gasteiger partial charge in [-0.3, -0.25) is 0 Å². The molecule has 2 heteroatoms. The van der Waals surface area contributed by atoms with E-state index in [0.717, 1.165) is 10.6 Å². The molecule has 1 aromatic heterocycles. The summed E-state index contributed by atoms with van der Waals surface area (Å²) in [7, 11) is 0. The predicted molar refractivity (Wildman–Crippen MR) is 66.7 cm³/mol. The van der Waals surface area contributed by atoms with Crippen molar-refractivity contribution in [2.24, 2.45) is 0 Å². The standard InChI is InChI=1S/C11H14N2.C2H6/c1-4-9(3)6-11-10(5-2)7-12-8-13-11;1-2/h4-8H,1-3H3;1-2H3/b9-4-,10-5-,11-6+;. The first-order valence-electron chi connectivity index (χ1n) is 5.35. The van der Waals surface area contributed by atoms with Crippen LogP contribution in [0.5, 0.6) is 0 Å². The maximum atomic E-state index is 4.20. The molecule has 1 rings (SSSR count). The van der Waals surface area contributed by atoms with E-state index in [0.29, 0.717) is 0 Å². The fraction of sp³-hybridized carbons (Fsp3) is 0.385. The van der Waals surface area contributed by atoms with Gasteiger partial charge in [-0.15, -0.1) is 0 Å². The second-order valence-electron chi connectivity index (χ2n) is 2.83. The van der Waals surface area contributed by atoms with Crippen LogP contribution in [0.4, 0.5) is 0 Å². The fourth-order valence-corrected chi connectivity index (χ4v) is 0.992. The molecule has 0 aliphatic carbocycles. The molecule has 1 aromatic rings. The van der Waals surface area contributed by atoms with Gasteiger partial charge in [0.1, 0.15) is 6.33 Å². The summed E-state index contributed by atoms with van der Waals surface area (Å²) in [5, 5.41) is 2.05. The Hall–Kier alpha value is -1.44. The second-order valence-corrected chi connectivity index (χ2v) is 2.83. The topological polar surface area (TPSA) is 25.8 Å². The lowest BCUT2D eigenvalue weighted by atomic mass is 10.2. The Balaban J connectivity index is 0.000000921. The van der Waals surface area contributed by atoms with Crippen LogP contribution < -0.4 is 10.6 Å². The average molecular weight is 204 g/mol. The molecular formula is C13H20N2. The molecule has 0 unspecified atom stereocenters. The smallest absolute Gasteiger partial charge is 0.116 e. The molecular weight excluding hydrogens is 184 g/mol. The van der Waals surface area contributed by atoms with Gasteiger partial charge in [-0.05, 0) is 26.8 Å². The highest BCUT2D eigenvalue weighted by atomic mass is 14.8. The van der Waals surface area contributed by atoms with Gasteiger partial charge >= 0.3 is 0 Å². The predicted octanol–water partition coefficient (Wildman–Crippen LogP) is 2.05. The van der Waals surface area contributed by atoms with Gasteiger partial charge in [-0.2, -0.15) is 0 Å². The highest BCUT2D eigenvalue weighted by molar-refractivity contribution is 5.43. The monoisotopic (exact) mass is 204 g/mol. The highest BCUT2D eigenvalue weighted by Gasteiger charge is 1.85. The molecule has 0 bridgehead atoms. The van der Waals surface area contributed by atoms with Gasteiger partial charge in [0, 0.05) is 11.4 Å². The van der Waals surface area contributed by atoms with Gasteiger partial charge in [-0.25, -0.2) is 9.97 Å². The van der Waals surface area contributed by atoms with E-state index in [1.165, 1.54) is 5.57 Å². The van der Waals surface area contributed by atoms with Crippen LogP contribution in [0, 0.1) is 0 Å². The number of aromatic nitrogens is 2. The Bertz CT molecular complexity index is 416. The molecule has 0 amide bonds. The average Bonchev–Trinajstić information content (AvgIpc) is 2.32. The van der Waals surface area contributed by atoms with Crippen LogP contribution in [0.2, 0.25) is 0 Å². The van der Waals surface area contributed by atoms with Gasteiger partial charge in [0.2, 0.25) is 0 Å². The van der Waals surface area contributed by atoms with E-state index in [1.807, 2.05) is 40.0 Å². The van der Waals surface area contributed by atoms with E-state index in [-0.39, 0.29) is 0 Å². The van der Waals surface area contributed by atoms with E-state index in [9.17, 15) is 0 Å². The van der Waals surface area contributed by atoms with Crippen LogP contribution in [0.15, 0.2) is 24.2 Å². The van der Waals surface area contributed by atoms with Crippen molar-refractivity contribution >= 4 is 12.2 Å². The maximum absolute atomic E-state index is 4.20. The lowest BCUT2D eigenvalue weighted by molar-refractivity contribution is 1.10. The van der Waals surface area contributed by atoms with Crippen LogP contribution in [-0.4, -0.2) is 9.97 Å². The van der Waals surface area contributed by atoms with Crippen LogP contribution in [0.25, 0.3) is 12.2 Å². The highest BCUT2D eigenvalue weighted by Crippen LogP contribution is 1.90. The molecule has 2 nitrogen and oxygen atoms in total. The van der Waals surface area contributed by atoms with Crippen molar-refractivity contribution in [2.75, 3.05) is 0 Å². The molecule has 0 aromatic carbocycles. The Kier molecular flexibility index (Phi) is 7.16. The summed E-state index contributed by atoms with van der Waals surface area (Å²) in [6.07, 6.45) is 9.51. The summed E-state index contributed by atoms with van der Waals surface area (Å²) in [6.45, 7) is 10.1. The molecule has 0 radical (unpaired) electrons. The zero-order valence-corrected chi connectivity index (χ0v) is 10.3. The Labute approximate surface area is 92.1 Å². The minimum Gasteiger partial charge on any atom is -0.244 e.